The van der Waals surface area contributed by atoms with Gasteiger partial charge < -0.3 is 9.30 Å². The average molecular weight is 388 g/mol. The predicted octanol–water partition coefficient (Wildman–Crippen LogP) is 5.44. The zero-order valence-electron chi connectivity index (χ0n) is 15.2. The number of halogens is 1. The first-order valence-corrected chi connectivity index (χ1v) is 9.92. The van der Waals surface area contributed by atoms with Crippen molar-refractivity contribution < 1.29 is 4.74 Å². The van der Waals surface area contributed by atoms with Crippen LogP contribution in [-0.2, 0) is 18.9 Å². The zero-order valence-corrected chi connectivity index (χ0v) is 16.8. The first-order valence-electron chi connectivity index (χ1n) is 8.56. The van der Waals surface area contributed by atoms with Crippen LogP contribution in [0.25, 0.3) is 0 Å². The minimum absolute atomic E-state index is 0.383. The Hall–Kier alpha value is -1.98. The van der Waals surface area contributed by atoms with Gasteiger partial charge in [0.2, 0.25) is 0 Å². The van der Waals surface area contributed by atoms with E-state index >= 15 is 0 Å². The quantitative estimate of drug-likeness (QED) is 0.506. The van der Waals surface area contributed by atoms with Crippen molar-refractivity contribution in [1.82, 2.24) is 14.8 Å². The van der Waals surface area contributed by atoms with Crippen LogP contribution in [0.3, 0.4) is 0 Å². The Labute approximate surface area is 163 Å². The highest BCUT2D eigenvalue weighted by molar-refractivity contribution is 7.98. The van der Waals surface area contributed by atoms with Crippen LogP contribution in [0.15, 0.2) is 47.6 Å². The molecule has 0 saturated carbocycles. The van der Waals surface area contributed by atoms with Crippen molar-refractivity contribution in [2.45, 2.75) is 44.8 Å². The third-order valence-electron chi connectivity index (χ3n) is 4.09. The van der Waals surface area contributed by atoms with Crippen molar-refractivity contribution in [3.8, 4) is 5.75 Å². The van der Waals surface area contributed by atoms with Gasteiger partial charge in [0.1, 0.15) is 12.4 Å². The molecule has 4 nitrogen and oxygen atoms in total. The number of aromatic nitrogens is 3. The van der Waals surface area contributed by atoms with Gasteiger partial charge in [-0.1, -0.05) is 53.2 Å². The number of ether oxygens (including phenoxy) is 1. The predicted molar refractivity (Wildman–Crippen MR) is 107 cm³/mol. The standard InChI is InChI=1S/C20H22ClN3OS/c1-4-24-19(12-25-18-10-9-17(21)11-15(18)3)22-23-20(24)26-13-16-7-5-14(2)6-8-16/h5-11H,4,12-13H2,1-3H3. The van der Waals surface area contributed by atoms with Crippen molar-refractivity contribution in [3.05, 3.63) is 70.0 Å². The van der Waals surface area contributed by atoms with Crippen LogP contribution >= 0.6 is 23.4 Å². The second kappa shape index (κ2) is 8.60. The summed E-state index contributed by atoms with van der Waals surface area (Å²) in [5.41, 5.74) is 3.56. The van der Waals surface area contributed by atoms with Crippen molar-refractivity contribution in [2.75, 3.05) is 0 Å². The second-order valence-corrected chi connectivity index (χ2v) is 7.49. The molecule has 0 fully saturated rings. The fourth-order valence-electron chi connectivity index (χ4n) is 2.60. The van der Waals surface area contributed by atoms with Gasteiger partial charge in [0.25, 0.3) is 0 Å². The molecule has 0 amide bonds. The molecule has 0 aliphatic carbocycles. The molecule has 1 heterocycles. The fourth-order valence-corrected chi connectivity index (χ4v) is 3.80. The molecule has 0 unspecified atom stereocenters. The summed E-state index contributed by atoms with van der Waals surface area (Å²) in [4.78, 5) is 0. The van der Waals surface area contributed by atoms with Crippen LogP contribution in [0.5, 0.6) is 5.75 Å². The summed E-state index contributed by atoms with van der Waals surface area (Å²) in [5, 5.41) is 10.3. The van der Waals surface area contributed by atoms with E-state index in [0.29, 0.717) is 11.6 Å². The Bertz CT molecular complexity index is 877. The third-order valence-corrected chi connectivity index (χ3v) is 5.36. The lowest BCUT2D eigenvalue weighted by molar-refractivity contribution is 0.286. The molecular formula is C20H22ClN3OS. The number of benzene rings is 2. The van der Waals surface area contributed by atoms with Gasteiger partial charge in [-0.05, 0) is 50.1 Å². The van der Waals surface area contributed by atoms with E-state index in [0.717, 1.165) is 34.6 Å². The van der Waals surface area contributed by atoms with Gasteiger partial charge in [-0.25, -0.2) is 0 Å². The summed E-state index contributed by atoms with van der Waals surface area (Å²) in [7, 11) is 0. The van der Waals surface area contributed by atoms with Crippen LogP contribution < -0.4 is 4.74 Å². The lowest BCUT2D eigenvalue weighted by atomic mass is 10.2. The molecule has 0 radical (unpaired) electrons. The van der Waals surface area contributed by atoms with Gasteiger partial charge in [0, 0.05) is 17.3 Å². The maximum atomic E-state index is 5.99. The Morgan fingerprint density at radius 1 is 1.08 bits per heavy atom. The van der Waals surface area contributed by atoms with Crippen molar-refractivity contribution >= 4 is 23.4 Å². The van der Waals surface area contributed by atoms with E-state index in [-0.39, 0.29) is 0 Å². The summed E-state index contributed by atoms with van der Waals surface area (Å²) in [6.45, 7) is 7.36. The van der Waals surface area contributed by atoms with E-state index in [9.17, 15) is 0 Å². The summed E-state index contributed by atoms with van der Waals surface area (Å²) < 4.78 is 8.02. The number of nitrogens with zero attached hydrogens (tertiary/aromatic N) is 3. The molecule has 6 heteroatoms. The fraction of sp³-hybridized carbons (Fsp3) is 0.300. The molecule has 136 valence electrons. The lowest BCUT2D eigenvalue weighted by Crippen LogP contribution is -2.07. The summed E-state index contributed by atoms with van der Waals surface area (Å²) in [5.74, 6) is 2.51. The van der Waals surface area contributed by atoms with Gasteiger partial charge in [-0.15, -0.1) is 10.2 Å². The maximum Gasteiger partial charge on any atom is 0.191 e. The molecule has 0 saturated heterocycles. The smallest absolute Gasteiger partial charge is 0.191 e. The molecule has 0 N–H and O–H groups in total. The normalized spacial score (nSPS) is 10.9. The number of aryl methyl sites for hydroxylation is 2. The van der Waals surface area contributed by atoms with Crippen molar-refractivity contribution in [3.63, 3.8) is 0 Å². The highest BCUT2D eigenvalue weighted by atomic mass is 35.5. The van der Waals surface area contributed by atoms with Gasteiger partial charge >= 0.3 is 0 Å². The summed E-state index contributed by atoms with van der Waals surface area (Å²) in [6, 6.07) is 14.2. The number of hydrogen-bond acceptors (Lipinski definition) is 4. The molecule has 0 aliphatic heterocycles. The molecule has 0 bridgehead atoms. The Balaban J connectivity index is 1.66. The highest BCUT2D eigenvalue weighted by Crippen LogP contribution is 2.25. The Morgan fingerprint density at radius 2 is 1.85 bits per heavy atom. The first-order chi connectivity index (χ1) is 12.6. The zero-order chi connectivity index (χ0) is 18.5. The van der Waals surface area contributed by atoms with Crippen LogP contribution in [-0.4, -0.2) is 14.8 Å². The van der Waals surface area contributed by atoms with Crippen LogP contribution in [0.2, 0.25) is 5.02 Å². The molecule has 0 spiro atoms. The number of rotatable bonds is 7. The topological polar surface area (TPSA) is 39.9 Å². The molecule has 26 heavy (non-hydrogen) atoms. The second-order valence-electron chi connectivity index (χ2n) is 6.12. The Morgan fingerprint density at radius 3 is 2.54 bits per heavy atom. The molecule has 1 aromatic heterocycles. The van der Waals surface area contributed by atoms with Crippen LogP contribution in [0, 0.1) is 13.8 Å². The highest BCUT2D eigenvalue weighted by Gasteiger charge is 2.12. The molecule has 0 atom stereocenters. The summed E-state index contributed by atoms with van der Waals surface area (Å²) >= 11 is 7.69. The van der Waals surface area contributed by atoms with Gasteiger partial charge in [-0.2, -0.15) is 0 Å². The molecule has 3 rings (SSSR count). The van der Waals surface area contributed by atoms with E-state index in [4.69, 9.17) is 16.3 Å². The third kappa shape index (κ3) is 4.59. The van der Waals surface area contributed by atoms with Crippen LogP contribution in [0.4, 0.5) is 0 Å². The van der Waals surface area contributed by atoms with Gasteiger partial charge in [0.05, 0.1) is 0 Å². The molecular weight excluding hydrogens is 366 g/mol. The van der Waals surface area contributed by atoms with Gasteiger partial charge in [0.15, 0.2) is 11.0 Å². The Kier molecular flexibility index (Phi) is 6.22. The number of hydrogen-bond donors (Lipinski definition) is 0. The van der Waals surface area contributed by atoms with Crippen LogP contribution in [0.1, 0.15) is 29.4 Å². The minimum Gasteiger partial charge on any atom is -0.485 e. The minimum atomic E-state index is 0.383. The maximum absolute atomic E-state index is 5.99. The summed E-state index contributed by atoms with van der Waals surface area (Å²) in [6.07, 6.45) is 0. The lowest BCUT2D eigenvalue weighted by Gasteiger charge is -2.10. The van der Waals surface area contributed by atoms with Gasteiger partial charge in [-0.3, -0.25) is 0 Å². The SMILES string of the molecule is CCn1c(COc2ccc(Cl)cc2C)nnc1SCc1ccc(C)cc1. The molecule has 0 aliphatic rings. The van der Waals surface area contributed by atoms with E-state index in [1.807, 2.05) is 25.1 Å². The molecule has 3 aromatic rings. The average Bonchev–Trinajstić information content (AvgIpc) is 3.02. The van der Waals surface area contributed by atoms with Crippen molar-refractivity contribution in [1.29, 1.82) is 0 Å². The van der Waals surface area contributed by atoms with E-state index in [1.54, 1.807) is 11.8 Å². The van der Waals surface area contributed by atoms with E-state index < -0.39 is 0 Å². The monoisotopic (exact) mass is 387 g/mol. The van der Waals surface area contributed by atoms with E-state index in [2.05, 4.69) is 52.9 Å². The van der Waals surface area contributed by atoms with Crippen molar-refractivity contribution in [2.24, 2.45) is 0 Å². The number of thioether (sulfide) groups is 1. The molecule has 2 aromatic carbocycles. The first kappa shape index (κ1) is 18.8. The largest absolute Gasteiger partial charge is 0.485 e. The van der Waals surface area contributed by atoms with E-state index in [1.165, 1.54) is 11.1 Å².